The Kier molecular flexibility index (Phi) is 8.73. The highest BCUT2D eigenvalue weighted by molar-refractivity contribution is 14.1. The summed E-state index contributed by atoms with van der Waals surface area (Å²) in [6.07, 6.45) is 3.95. The molecule has 0 aliphatic carbocycles. The van der Waals surface area contributed by atoms with Gasteiger partial charge in [-0.3, -0.25) is 0 Å². The predicted octanol–water partition coefficient (Wildman–Crippen LogP) is 2.59. The third-order valence-electron chi connectivity index (χ3n) is 1.23. The van der Waals surface area contributed by atoms with E-state index in [1.54, 1.807) is 0 Å². The summed E-state index contributed by atoms with van der Waals surface area (Å²) in [6.45, 7) is 5.44. The maximum absolute atomic E-state index is 5.52. The minimum atomic E-state index is -0.724. The van der Waals surface area contributed by atoms with Crippen molar-refractivity contribution in [3.8, 4) is 0 Å². The van der Waals surface area contributed by atoms with Crippen molar-refractivity contribution in [3.05, 3.63) is 0 Å². The highest BCUT2D eigenvalue weighted by Gasteiger charge is 1.93. The Balaban J connectivity index is 2.77. The largest absolute Gasteiger partial charge is 0.421 e. The molecule has 0 amide bonds. The molecule has 0 rings (SSSR count). The molecule has 0 aromatic rings. The summed E-state index contributed by atoms with van der Waals surface area (Å²) in [4.78, 5) is 0. The van der Waals surface area contributed by atoms with Crippen LogP contribution < -0.4 is 0 Å². The van der Waals surface area contributed by atoms with Crippen LogP contribution >= 0.6 is 22.6 Å². The Morgan fingerprint density at radius 3 is 2.40 bits per heavy atom. The maximum Gasteiger partial charge on any atom is 0.170 e. The Bertz CT molecular complexity index is 68.6. The number of rotatable bonds is 6. The van der Waals surface area contributed by atoms with Crippen LogP contribution in [-0.2, 0) is 4.43 Å². The van der Waals surface area contributed by atoms with Gasteiger partial charge in [-0.1, -0.05) is 29.0 Å². The van der Waals surface area contributed by atoms with E-state index in [9.17, 15) is 0 Å². The van der Waals surface area contributed by atoms with Gasteiger partial charge < -0.3 is 4.43 Å². The molecule has 0 aromatic carbocycles. The van der Waals surface area contributed by atoms with Crippen LogP contribution in [0.5, 0.6) is 0 Å². The first kappa shape index (κ1) is 10.9. The van der Waals surface area contributed by atoms with Crippen molar-refractivity contribution in [2.75, 3.05) is 11.0 Å². The molecule has 0 saturated heterocycles. The van der Waals surface area contributed by atoms with Crippen LogP contribution in [0.2, 0.25) is 13.1 Å². The fourth-order valence-corrected chi connectivity index (χ4v) is 1.87. The van der Waals surface area contributed by atoms with E-state index in [0.717, 1.165) is 6.61 Å². The lowest BCUT2D eigenvalue weighted by Gasteiger charge is -2.04. The molecule has 0 aromatic heterocycles. The number of hydrogen-bond donors (Lipinski definition) is 0. The minimum absolute atomic E-state index is 0.724. The van der Waals surface area contributed by atoms with Gasteiger partial charge in [-0.05, 0) is 30.4 Å². The first-order valence-electron chi connectivity index (χ1n) is 3.95. The zero-order chi connectivity index (χ0) is 7.82. The Morgan fingerprint density at radius 2 is 1.90 bits per heavy atom. The van der Waals surface area contributed by atoms with Gasteiger partial charge in [0.15, 0.2) is 9.04 Å². The van der Waals surface area contributed by atoms with Crippen LogP contribution in [-0.4, -0.2) is 20.1 Å². The normalized spacial score (nSPS) is 10.8. The first-order valence-corrected chi connectivity index (χ1v) is 8.25. The lowest BCUT2D eigenvalue weighted by Crippen LogP contribution is -2.08. The summed E-state index contributed by atoms with van der Waals surface area (Å²) in [5.74, 6) is 0. The van der Waals surface area contributed by atoms with Crippen LogP contribution in [0.25, 0.3) is 0 Å². The third-order valence-corrected chi connectivity index (χ3v) is 2.89. The molecule has 0 atom stereocenters. The molecule has 3 heteroatoms. The van der Waals surface area contributed by atoms with Crippen molar-refractivity contribution in [2.45, 2.75) is 32.4 Å². The second kappa shape index (κ2) is 8.01. The average Bonchev–Trinajstić information content (AvgIpc) is 1.87. The van der Waals surface area contributed by atoms with E-state index < -0.39 is 9.04 Å². The van der Waals surface area contributed by atoms with Gasteiger partial charge in [0.05, 0.1) is 0 Å². The molecule has 0 fully saturated rings. The quantitative estimate of drug-likeness (QED) is 0.312. The van der Waals surface area contributed by atoms with E-state index in [0.29, 0.717) is 0 Å². The van der Waals surface area contributed by atoms with Gasteiger partial charge in [0.25, 0.3) is 0 Å². The van der Waals surface area contributed by atoms with Crippen LogP contribution in [0, 0.1) is 0 Å². The summed E-state index contributed by atoms with van der Waals surface area (Å²) in [7, 11) is -0.724. The average molecular weight is 272 g/mol. The molecule has 0 radical (unpaired) electrons. The highest BCUT2D eigenvalue weighted by atomic mass is 127. The van der Waals surface area contributed by atoms with Gasteiger partial charge in [-0.15, -0.1) is 0 Å². The van der Waals surface area contributed by atoms with Crippen LogP contribution in [0.4, 0.5) is 0 Å². The molecule has 62 valence electrons. The van der Waals surface area contributed by atoms with Crippen LogP contribution in [0.15, 0.2) is 0 Å². The summed E-state index contributed by atoms with van der Waals surface area (Å²) in [5, 5.41) is 0. The summed E-state index contributed by atoms with van der Waals surface area (Å²) in [5.41, 5.74) is 0. The van der Waals surface area contributed by atoms with Crippen molar-refractivity contribution >= 4 is 31.6 Å². The van der Waals surface area contributed by atoms with Crippen molar-refractivity contribution < 1.29 is 4.43 Å². The maximum atomic E-state index is 5.52. The Morgan fingerprint density at radius 1 is 1.20 bits per heavy atom. The van der Waals surface area contributed by atoms with Crippen molar-refractivity contribution in [1.29, 1.82) is 0 Å². The number of hydrogen-bond acceptors (Lipinski definition) is 1. The molecule has 0 aliphatic heterocycles. The minimum Gasteiger partial charge on any atom is -0.421 e. The summed E-state index contributed by atoms with van der Waals surface area (Å²) in [6, 6.07) is 0. The number of alkyl halides is 1. The summed E-state index contributed by atoms with van der Waals surface area (Å²) >= 11 is 2.42. The van der Waals surface area contributed by atoms with E-state index in [1.807, 2.05) is 0 Å². The lowest BCUT2D eigenvalue weighted by molar-refractivity contribution is 0.314. The van der Waals surface area contributed by atoms with E-state index in [4.69, 9.17) is 4.43 Å². The smallest absolute Gasteiger partial charge is 0.170 e. The number of halogens is 1. The molecule has 0 unspecified atom stereocenters. The molecule has 1 nitrogen and oxygen atoms in total. The van der Waals surface area contributed by atoms with Crippen LogP contribution in [0.3, 0.4) is 0 Å². The van der Waals surface area contributed by atoms with Crippen molar-refractivity contribution in [3.63, 3.8) is 0 Å². The SMILES string of the molecule is C[SiH](C)OCCCCCI. The lowest BCUT2D eigenvalue weighted by atomic mass is 10.3. The van der Waals surface area contributed by atoms with Gasteiger partial charge in [-0.25, -0.2) is 0 Å². The van der Waals surface area contributed by atoms with Gasteiger partial charge in [0, 0.05) is 6.61 Å². The zero-order valence-electron chi connectivity index (χ0n) is 6.90. The van der Waals surface area contributed by atoms with Gasteiger partial charge >= 0.3 is 0 Å². The van der Waals surface area contributed by atoms with Crippen molar-refractivity contribution in [1.82, 2.24) is 0 Å². The molecule has 0 saturated carbocycles. The van der Waals surface area contributed by atoms with E-state index in [-0.39, 0.29) is 0 Å². The fraction of sp³-hybridized carbons (Fsp3) is 1.00. The van der Waals surface area contributed by atoms with E-state index in [1.165, 1.54) is 23.7 Å². The highest BCUT2D eigenvalue weighted by Crippen LogP contribution is 1.99. The number of unbranched alkanes of at least 4 members (excludes halogenated alkanes) is 2. The van der Waals surface area contributed by atoms with E-state index >= 15 is 0 Å². The van der Waals surface area contributed by atoms with Gasteiger partial charge in [0.2, 0.25) is 0 Å². The van der Waals surface area contributed by atoms with E-state index in [2.05, 4.69) is 35.7 Å². The predicted molar refractivity (Wildman–Crippen MR) is 57.6 cm³/mol. The first-order chi connectivity index (χ1) is 4.77. The molecule has 0 N–H and O–H groups in total. The summed E-state index contributed by atoms with van der Waals surface area (Å²) < 4.78 is 6.81. The molecule has 0 heterocycles. The molecule has 0 aliphatic rings. The monoisotopic (exact) mass is 272 g/mol. The van der Waals surface area contributed by atoms with Gasteiger partial charge in [-0.2, -0.15) is 0 Å². The van der Waals surface area contributed by atoms with Crippen LogP contribution in [0.1, 0.15) is 19.3 Å². The molecule has 10 heavy (non-hydrogen) atoms. The molecular formula is C7H17IOSi. The fourth-order valence-electron chi connectivity index (χ4n) is 0.692. The Labute approximate surface area is 79.4 Å². The molecule has 0 spiro atoms. The third kappa shape index (κ3) is 8.91. The Hall–Kier alpha value is 0.907. The zero-order valence-corrected chi connectivity index (χ0v) is 10.2. The topological polar surface area (TPSA) is 9.23 Å². The second-order valence-electron chi connectivity index (χ2n) is 2.67. The van der Waals surface area contributed by atoms with Gasteiger partial charge in [0.1, 0.15) is 0 Å². The van der Waals surface area contributed by atoms with Crippen molar-refractivity contribution in [2.24, 2.45) is 0 Å². The standard InChI is InChI=1S/C7H17IOSi/c1-10(2)9-7-5-3-4-6-8/h10H,3-7H2,1-2H3. The molecular weight excluding hydrogens is 255 g/mol. The molecule has 0 bridgehead atoms. The second-order valence-corrected chi connectivity index (χ2v) is 6.18.